The molecule has 2 fully saturated rings. The van der Waals surface area contributed by atoms with Crippen molar-refractivity contribution >= 4 is 17.6 Å². The first-order valence-electron chi connectivity index (χ1n) is 10.2. The van der Waals surface area contributed by atoms with Gasteiger partial charge >= 0.3 is 5.97 Å². The summed E-state index contributed by atoms with van der Waals surface area (Å²) in [5.41, 5.74) is 1.85. The van der Waals surface area contributed by atoms with E-state index in [0.29, 0.717) is 5.57 Å². The van der Waals surface area contributed by atoms with Gasteiger partial charge in [0.25, 0.3) is 0 Å². The lowest BCUT2D eigenvalue weighted by molar-refractivity contribution is -0.139. The van der Waals surface area contributed by atoms with E-state index in [9.17, 15) is 9.59 Å². The first kappa shape index (κ1) is 18.5. The van der Waals surface area contributed by atoms with Gasteiger partial charge in [0.05, 0.1) is 37.6 Å². The first-order chi connectivity index (χ1) is 14.0. The smallest absolute Gasteiger partial charge is 0.337 e. The molecule has 0 bridgehead atoms. The van der Waals surface area contributed by atoms with Crippen LogP contribution in [0.15, 0.2) is 30.0 Å². The number of nitrogens with one attached hydrogen (secondary N) is 1. The average Bonchev–Trinajstić information content (AvgIpc) is 3.25. The van der Waals surface area contributed by atoms with Crippen LogP contribution in [-0.4, -0.2) is 56.2 Å². The molecule has 2 saturated heterocycles. The third-order valence-corrected chi connectivity index (χ3v) is 7.44. The quantitative estimate of drug-likeness (QED) is 0.769. The minimum absolute atomic E-state index is 0.0184. The molecule has 154 valence electrons. The molecule has 1 amide bonds. The Morgan fingerprint density at radius 1 is 1.34 bits per heavy atom. The van der Waals surface area contributed by atoms with Gasteiger partial charge in [-0.25, -0.2) is 4.79 Å². The average molecular weight is 398 g/mol. The van der Waals surface area contributed by atoms with Crippen molar-refractivity contribution in [1.29, 1.82) is 0 Å². The van der Waals surface area contributed by atoms with Crippen molar-refractivity contribution in [2.75, 3.05) is 32.6 Å². The number of esters is 1. The highest BCUT2D eigenvalue weighted by Gasteiger charge is 2.61. The van der Waals surface area contributed by atoms with Crippen LogP contribution in [0.5, 0.6) is 5.75 Å². The van der Waals surface area contributed by atoms with Gasteiger partial charge < -0.3 is 19.5 Å². The second-order valence-corrected chi connectivity index (χ2v) is 8.51. The molecule has 7 nitrogen and oxygen atoms in total. The molecule has 29 heavy (non-hydrogen) atoms. The van der Waals surface area contributed by atoms with Crippen molar-refractivity contribution < 1.29 is 23.8 Å². The van der Waals surface area contributed by atoms with Crippen LogP contribution in [-0.2, 0) is 24.5 Å². The summed E-state index contributed by atoms with van der Waals surface area (Å²) in [6, 6.07) is 5.81. The predicted octanol–water partition coefficient (Wildman–Crippen LogP) is 2.07. The Balaban J connectivity index is 1.56. The molecule has 5 atom stereocenters. The van der Waals surface area contributed by atoms with Gasteiger partial charge in [0, 0.05) is 30.1 Å². The number of hydrogen-bond donors (Lipinski definition) is 1. The third kappa shape index (κ3) is 2.46. The fraction of sp³-hybridized carbons (Fsp3) is 0.545. The topological polar surface area (TPSA) is 77.1 Å². The number of fused-ring (bicyclic) bond motifs is 5. The summed E-state index contributed by atoms with van der Waals surface area (Å²) in [6.45, 7) is 3.71. The summed E-state index contributed by atoms with van der Waals surface area (Å²) >= 11 is 0. The summed E-state index contributed by atoms with van der Waals surface area (Å²) in [7, 11) is 3.04. The Labute approximate surface area is 170 Å². The van der Waals surface area contributed by atoms with Gasteiger partial charge in [-0.3, -0.25) is 9.69 Å². The summed E-state index contributed by atoms with van der Waals surface area (Å²) in [4.78, 5) is 28.1. The highest BCUT2D eigenvalue weighted by molar-refractivity contribution is 6.07. The van der Waals surface area contributed by atoms with E-state index in [1.165, 1.54) is 7.11 Å². The molecular weight excluding hydrogens is 372 g/mol. The summed E-state index contributed by atoms with van der Waals surface area (Å²) in [5.74, 6) is 0.682. The van der Waals surface area contributed by atoms with E-state index in [-0.39, 0.29) is 35.9 Å². The van der Waals surface area contributed by atoms with E-state index in [1.54, 1.807) is 13.4 Å². The first-order valence-corrected chi connectivity index (χ1v) is 10.2. The largest absolute Gasteiger partial charge is 0.497 e. The maximum absolute atomic E-state index is 13.3. The van der Waals surface area contributed by atoms with Crippen molar-refractivity contribution in [2.45, 2.75) is 37.3 Å². The van der Waals surface area contributed by atoms with Gasteiger partial charge in [0.1, 0.15) is 5.75 Å². The molecule has 5 rings (SSSR count). The number of carbonyl (C=O) groups excluding carboxylic acids is 2. The second-order valence-electron chi connectivity index (χ2n) is 8.51. The van der Waals surface area contributed by atoms with Crippen molar-refractivity contribution in [3.8, 4) is 5.75 Å². The molecule has 0 aromatic heterocycles. The summed E-state index contributed by atoms with van der Waals surface area (Å²) < 4.78 is 16.2. The number of ether oxygens (including phenoxy) is 3. The van der Waals surface area contributed by atoms with Gasteiger partial charge in [0.15, 0.2) is 0 Å². The Bertz CT molecular complexity index is 912. The van der Waals surface area contributed by atoms with Crippen LogP contribution >= 0.6 is 0 Å². The minimum atomic E-state index is -0.613. The van der Waals surface area contributed by atoms with E-state index in [0.717, 1.165) is 42.9 Å². The predicted molar refractivity (Wildman–Crippen MR) is 106 cm³/mol. The van der Waals surface area contributed by atoms with E-state index < -0.39 is 5.41 Å². The van der Waals surface area contributed by atoms with E-state index >= 15 is 0 Å². The number of rotatable bonds is 2. The van der Waals surface area contributed by atoms with Crippen molar-refractivity contribution in [3.05, 3.63) is 35.6 Å². The van der Waals surface area contributed by atoms with Crippen LogP contribution in [0.4, 0.5) is 5.69 Å². The van der Waals surface area contributed by atoms with Crippen LogP contribution in [0.3, 0.4) is 0 Å². The van der Waals surface area contributed by atoms with Crippen molar-refractivity contribution in [3.63, 3.8) is 0 Å². The van der Waals surface area contributed by atoms with E-state index in [4.69, 9.17) is 14.2 Å². The molecule has 1 N–H and O–H groups in total. The molecule has 4 aliphatic rings. The molecule has 1 aromatic carbocycles. The van der Waals surface area contributed by atoms with Crippen LogP contribution in [0.2, 0.25) is 0 Å². The number of carbonyl (C=O) groups is 2. The Morgan fingerprint density at radius 2 is 2.17 bits per heavy atom. The Kier molecular flexibility index (Phi) is 4.13. The fourth-order valence-electron chi connectivity index (χ4n) is 5.92. The van der Waals surface area contributed by atoms with E-state index in [1.807, 2.05) is 18.2 Å². The molecule has 0 aliphatic carbocycles. The minimum Gasteiger partial charge on any atom is -0.497 e. The molecule has 4 heterocycles. The lowest BCUT2D eigenvalue weighted by Crippen LogP contribution is -2.56. The lowest BCUT2D eigenvalue weighted by Gasteiger charge is -2.48. The third-order valence-electron chi connectivity index (χ3n) is 7.44. The number of methoxy groups -OCH3 is 2. The molecule has 1 spiro atoms. The maximum atomic E-state index is 13.3. The Morgan fingerprint density at radius 3 is 2.93 bits per heavy atom. The number of piperidine rings is 1. The molecule has 2 unspecified atom stereocenters. The van der Waals surface area contributed by atoms with Crippen molar-refractivity contribution in [1.82, 2.24) is 4.90 Å². The number of nitrogens with zero attached hydrogens (tertiary/aromatic N) is 1. The number of benzene rings is 1. The zero-order valence-corrected chi connectivity index (χ0v) is 16.9. The molecule has 7 heteroatoms. The SMILES string of the molecule is COC(=O)C1=CO[C@@H](C)[C@@H]2CN3CCC4(C(=O)Nc5ccc(OC)cc54)C3C[C@H]12. The van der Waals surface area contributed by atoms with Gasteiger partial charge in [-0.1, -0.05) is 0 Å². The fourth-order valence-corrected chi connectivity index (χ4v) is 5.92. The van der Waals surface area contributed by atoms with Crippen LogP contribution in [0, 0.1) is 11.8 Å². The van der Waals surface area contributed by atoms with E-state index in [2.05, 4.69) is 17.1 Å². The van der Waals surface area contributed by atoms with Crippen LogP contribution in [0.25, 0.3) is 0 Å². The number of hydrogen-bond acceptors (Lipinski definition) is 6. The maximum Gasteiger partial charge on any atom is 0.337 e. The molecular formula is C22H26N2O5. The lowest BCUT2D eigenvalue weighted by atomic mass is 9.66. The van der Waals surface area contributed by atoms with Gasteiger partial charge in [-0.2, -0.15) is 0 Å². The molecule has 0 radical (unpaired) electrons. The molecule has 4 aliphatic heterocycles. The Hall–Kier alpha value is -2.54. The van der Waals surface area contributed by atoms with Crippen molar-refractivity contribution in [2.24, 2.45) is 11.8 Å². The van der Waals surface area contributed by atoms with Gasteiger partial charge in [-0.15, -0.1) is 0 Å². The van der Waals surface area contributed by atoms with Gasteiger partial charge in [-0.05, 0) is 50.1 Å². The normalized spacial score (nSPS) is 35.1. The molecule has 1 aromatic rings. The summed E-state index contributed by atoms with van der Waals surface area (Å²) in [6.07, 6.45) is 3.08. The van der Waals surface area contributed by atoms with Crippen LogP contribution in [0.1, 0.15) is 25.3 Å². The number of anilines is 1. The highest BCUT2D eigenvalue weighted by Crippen LogP contribution is 2.54. The number of amides is 1. The zero-order valence-electron chi connectivity index (χ0n) is 16.9. The second kappa shape index (κ2) is 6.49. The monoisotopic (exact) mass is 398 g/mol. The standard InChI is InChI=1S/C22H26N2O5/c1-12-15-10-24-7-6-22(17-8-13(27-2)4-5-18(17)23-21(22)26)19(24)9-14(15)16(11-29-12)20(25)28-3/h4-5,8,11-12,14-15,19H,6-7,9-10H2,1-3H3,(H,23,26)/t12-,14-,15-,19?,22?/m0/s1. The van der Waals surface area contributed by atoms with Gasteiger partial charge in [0.2, 0.25) is 5.91 Å². The van der Waals surface area contributed by atoms with Crippen LogP contribution < -0.4 is 10.1 Å². The summed E-state index contributed by atoms with van der Waals surface area (Å²) in [5, 5.41) is 3.09. The molecule has 0 saturated carbocycles. The zero-order chi connectivity index (χ0) is 20.3. The highest BCUT2D eigenvalue weighted by atomic mass is 16.5.